The Hall–Kier alpha value is -1.88. The van der Waals surface area contributed by atoms with Gasteiger partial charge in [0.25, 0.3) is 0 Å². The van der Waals surface area contributed by atoms with Crippen LogP contribution in [0.25, 0.3) is 0 Å². The van der Waals surface area contributed by atoms with Gasteiger partial charge >= 0.3 is 5.97 Å². The molecular formula is C16H16N2O2S. The summed E-state index contributed by atoms with van der Waals surface area (Å²) >= 11 is 1.53. The number of hydrogen-bond acceptors (Lipinski definition) is 4. The summed E-state index contributed by atoms with van der Waals surface area (Å²) in [5, 5.41) is 10.0. The van der Waals surface area contributed by atoms with E-state index in [0.717, 1.165) is 28.5 Å². The average molecular weight is 300 g/mol. The van der Waals surface area contributed by atoms with E-state index in [1.54, 1.807) is 24.5 Å². The Balaban J connectivity index is 1.91. The number of carboxylic acids is 1. The molecule has 1 heterocycles. The Morgan fingerprint density at radius 2 is 2.00 bits per heavy atom. The van der Waals surface area contributed by atoms with Crippen molar-refractivity contribution in [1.82, 2.24) is 9.97 Å². The zero-order chi connectivity index (χ0) is 14.7. The van der Waals surface area contributed by atoms with Crippen molar-refractivity contribution < 1.29 is 9.90 Å². The largest absolute Gasteiger partial charge is 0.478 e. The van der Waals surface area contributed by atoms with Crippen LogP contribution in [-0.2, 0) is 12.8 Å². The number of rotatable bonds is 3. The SMILES string of the molecule is O=C(O)c1cccc(Sc2ncnc3c2CCCCC3)c1. The van der Waals surface area contributed by atoms with Gasteiger partial charge < -0.3 is 5.11 Å². The van der Waals surface area contributed by atoms with Crippen LogP contribution in [0.1, 0.15) is 40.9 Å². The lowest BCUT2D eigenvalue weighted by molar-refractivity contribution is 0.0696. The minimum Gasteiger partial charge on any atom is -0.478 e. The summed E-state index contributed by atoms with van der Waals surface area (Å²) in [6.07, 6.45) is 7.23. The minimum atomic E-state index is -0.904. The predicted molar refractivity (Wildman–Crippen MR) is 80.8 cm³/mol. The molecule has 3 rings (SSSR count). The summed E-state index contributed by atoms with van der Waals surface area (Å²) in [5.41, 5.74) is 2.69. The van der Waals surface area contributed by atoms with Crippen molar-refractivity contribution in [2.24, 2.45) is 0 Å². The van der Waals surface area contributed by atoms with Crippen molar-refractivity contribution in [3.8, 4) is 0 Å². The molecule has 1 aliphatic carbocycles. The van der Waals surface area contributed by atoms with E-state index in [1.807, 2.05) is 6.07 Å². The second-order valence-electron chi connectivity index (χ2n) is 5.10. The molecule has 4 nitrogen and oxygen atoms in total. The topological polar surface area (TPSA) is 63.1 Å². The smallest absolute Gasteiger partial charge is 0.335 e. The van der Waals surface area contributed by atoms with Crippen molar-refractivity contribution in [3.63, 3.8) is 0 Å². The minimum absolute atomic E-state index is 0.306. The van der Waals surface area contributed by atoms with Gasteiger partial charge in [0.1, 0.15) is 11.4 Å². The van der Waals surface area contributed by atoms with Crippen LogP contribution in [0.2, 0.25) is 0 Å². The monoisotopic (exact) mass is 300 g/mol. The van der Waals surface area contributed by atoms with Crippen LogP contribution in [0.15, 0.2) is 40.5 Å². The van der Waals surface area contributed by atoms with Gasteiger partial charge in [0.05, 0.1) is 5.56 Å². The van der Waals surface area contributed by atoms with E-state index >= 15 is 0 Å². The van der Waals surface area contributed by atoms with E-state index in [-0.39, 0.29) is 0 Å². The molecule has 21 heavy (non-hydrogen) atoms. The fourth-order valence-corrected chi connectivity index (χ4v) is 3.56. The molecule has 0 spiro atoms. The molecule has 0 aliphatic heterocycles. The van der Waals surface area contributed by atoms with Crippen LogP contribution in [-0.4, -0.2) is 21.0 Å². The number of aromatic nitrogens is 2. The number of nitrogens with zero attached hydrogens (tertiary/aromatic N) is 2. The number of fused-ring (bicyclic) bond motifs is 1. The van der Waals surface area contributed by atoms with E-state index in [2.05, 4.69) is 9.97 Å². The molecule has 0 fully saturated rings. The summed E-state index contributed by atoms with van der Waals surface area (Å²) in [6.45, 7) is 0. The van der Waals surface area contributed by atoms with Crippen molar-refractivity contribution in [3.05, 3.63) is 47.4 Å². The highest BCUT2D eigenvalue weighted by Crippen LogP contribution is 2.32. The lowest BCUT2D eigenvalue weighted by Gasteiger charge is -2.10. The Labute approximate surface area is 127 Å². The lowest BCUT2D eigenvalue weighted by atomic mass is 10.1. The number of aryl methyl sites for hydroxylation is 1. The molecule has 0 saturated heterocycles. The van der Waals surface area contributed by atoms with Gasteiger partial charge in [-0.15, -0.1) is 0 Å². The van der Waals surface area contributed by atoms with E-state index in [0.29, 0.717) is 5.56 Å². The first kappa shape index (κ1) is 14.1. The summed E-state index contributed by atoms with van der Waals surface area (Å²) in [5.74, 6) is -0.904. The van der Waals surface area contributed by atoms with Gasteiger partial charge in [-0.05, 0) is 43.9 Å². The maximum atomic E-state index is 11.0. The van der Waals surface area contributed by atoms with Crippen LogP contribution < -0.4 is 0 Å². The quantitative estimate of drug-likeness (QED) is 0.693. The highest BCUT2D eigenvalue weighted by Gasteiger charge is 2.15. The molecule has 0 bridgehead atoms. The van der Waals surface area contributed by atoms with E-state index < -0.39 is 5.97 Å². The standard InChI is InChI=1S/C16H16N2O2S/c19-16(20)11-5-4-6-12(9-11)21-15-13-7-2-1-3-8-14(13)17-10-18-15/h4-6,9-10H,1-3,7-8H2,(H,19,20). The van der Waals surface area contributed by atoms with E-state index in [4.69, 9.17) is 5.11 Å². The first-order valence-electron chi connectivity index (χ1n) is 7.08. The molecule has 0 unspecified atom stereocenters. The van der Waals surface area contributed by atoms with Gasteiger partial charge in [-0.2, -0.15) is 0 Å². The van der Waals surface area contributed by atoms with Crippen LogP contribution >= 0.6 is 11.8 Å². The van der Waals surface area contributed by atoms with Crippen LogP contribution in [0, 0.1) is 0 Å². The maximum absolute atomic E-state index is 11.0. The van der Waals surface area contributed by atoms with Crippen molar-refractivity contribution in [2.45, 2.75) is 42.0 Å². The molecule has 1 aromatic heterocycles. The number of carboxylic acid groups (broad SMARTS) is 1. The zero-order valence-corrected chi connectivity index (χ0v) is 12.4. The van der Waals surface area contributed by atoms with Gasteiger partial charge in [0.15, 0.2) is 0 Å². The fourth-order valence-electron chi connectivity index (χ4n) is 2.56. The molecule has 1 aliphatic rings. The Morgan fingerprint density at radius 1 is 1.14 bits per heavy atom. The second kappa shape index (κ2) is 6.26. The third-order valence-electron chi connectivity index (χ3n) is 3.63. The van der Waals surface area contributed by atoms with Gasteiger partial charge in [-0.1, -0.05) is 24.2 Å². The first-order valence-corrected chi connectivity index (χ1v) is 7.89. The van der Waals surface area contributed by atoms with E-state index in [9.17, 15) is 4.79 Å². The highest BCUT2D eigenvalue weighted by atomic mass is 32.2. The molecule has 5 heteroatoms. The number of aromatic carboxylic acids is 1. The highest BCUT2D eigenvalue weighted by molar-refractivity contribution is 7.99. The molecule has 0 radical (unpaired) electrons. The Bertz CT molecular complexity index is 673. The zero-order valence-electron chi connectivity index (χ0n) is 11.6. The molecule has 2 aromatic rings. The molecule has 0 saturated carbocycles. The maximum Gasteiger partial charge on any atom is 0.335 e. The summed E-state index contributed by atoms with van der Waals surface area (Å²) in [6, 6.07) is 6.99. The molecule has 1 aromatic carbocycles. The summed E-state index contributed by atoms with van der Waals surface area (Å²) in [7, 11) is 0. The Kier molecular flexibility index (Phi) is 4.20. The van der Waals surface area contributed by atoms with Gasteiger partial charge in [-0.25, -0.2) is 14.8 Å². The van der Waals surface area contributed by atoms with Crippen molar-refractivity contribution >= 4 is 17.7 Å². The van der Waals surface area contributed by atoms with Crippen molar-refractivity contribution in [2.75, 3.05) is 0 Å². The molecule has 108 valence electrons. The molecule has 0 atom stereocenters. The van der Waals surface area contributed by atoms with Crippen LogP contribution in [0.3, 0.4) is 0 Å². The lowest BCUT2D eigenvalue weighted by Crippen LogP contribution is -2.00. The van der Waals surface area contributed by atoms with Crippen LogP contribution in [0.5, 0.6) is 0 Å². The summed E-state index contributed by atoms with van der Waals surface area (Å²) < 4.78 is 0. The first-order chi connectivity index (χ1) is 10.2. The third kappa shape index (κ3) is 3.24. The normalized spacial score (nSPS) is 14.3. The van der Waals surface area contributed by atoms with Crippen molar-refractivity contribution in [1.29, 1.82) is 0 Å². The third-order valence-corrected chi connectivity index (χ3v) is 4.67. The number of benzene rings is 1. The van der Waals surface area contributed by atoms with E-state index in [1.165, 1.54) is 36.6 Å². The van der Waals surface area contributed by atoms with Gasteiger partial charge in [-0.3, -0.25) is 0 Å². The number of carbonyl (C=O) groups is 1. The molecule has 1 N–H and O–H groups in total. The average Bonchev–Trinajstić information content (AvgIpc) is 2.73. The predicted octanol–water partition coefficient (Wildman–Crippen LogP) is 3.59. The van der Waals surface area contributed by atoms with Crippen LogP contribution in [0.4, 0.5) is 0 Å². The molecule has 0 amide bonds. The Morgan fingerprint density at radius 3 is 2.86 bits per heavy atom. The second-order valence-corrected chi connectivity index (χ2v) is 6.16. The van der Waals surface area contributed by atoms with Gasteiger partial charge in [0.2, 0.25) is 0 Å². The number of hydrogen-bond donors (Lipinski definition) is 1. The molecular weight excluding hydrogens is 284 g/mol. The van der Waals surface area contributed by atoms with Gasteiger partial charge in [0, 0.05) is 16.2 Å². The fraction of sp³-hybridized carbons (Fsp3) is 0.312. The summed E-state index contributed by atoms with van der Waals surface area (Å²) in [4.78, 5) is 20.8.